The summed E-state index contributed by atoms with van der Waals surface area (Å²) in [4.78, 5) is 2.57. The van der Waals surface area contributed by atoms with Crippen LogP contribution in [0.1, 0.15) is 140 Å². The van der Waals surface area contributed by atoms with E-state index in [0.717, 1.165) is 23.3 Å². The lowest BCUT2D eigenvalue weighted by Gasteiger charge is -2.77. The van der Waals surface area contributed by atoms with Crippen molar-refractivity contribution in [3.05, 3.63) is 137 Å². The number of hydrogen-bond donors (Lipinski definition) is 0. The second kappa shape index (κ2) is 11.3. The molecular formula is C56H61NO. The summed E-state index contributed by atoms with van der Waals surface area (Å²) < 4.78 is 7.23. The molecule has 296 valence electrons. The lowest BCUT2D eigenvalue weighted by molar-refractivity contribution is -0.235. The summed E-state index contributed by atoms with van der Waals surface area (Å²) in [5.74, 6) is 5.39. The van der Waals surface area contributed by atoms with Gasteiger partial charge in [0.25, 0.3) is 0 Å². The third-order valence-electron chi connectivity index (χ3n) is 18.1. The fourth-order valence-corrected chi connectivity index (χ4v) is 14.9. The van der Waals surface area contributed by atoms with E-state index in [9.17, 15) is 0 Å². The molecule has 2 bridgehead atoms. The molecule has 2 nitrogen and oxygen atoms in total. The molecule has 1 aliphatic heterocycles. The van der Waals surface area contributed by atoms with Crippen molar-refractivity contribution in [1.29, 1.82) is 0 Å². The van der Waals surface area contributed by atoms with Crippen LogP contribution in [0.5, 0.6) is 11.5 Å². The van der Waals surface area contributed by atoms with Crippen molar-refractivity contribution in [1.82, 2.24) is 0 Å². The molecule has 0 aromatic heterocycles. The minimum Gasteiger partial charge on any atom is -0.457 e. The molecule has 0 N–H and O–H groups in total. The maximum absolute atomic E-state index is 7.23. The molecule has 7 aliphatic rings. The SMILES string of the molecule is CC1(C)CCC(C)(C)c2cc(N(c3ccc4c(c3)Oc3ccc(-c5ccccc5)cc3C43C4CC5CC6CC3C64C5)c3ccc4c(c3)C(C)(C)CCC4(C)C)ccc21. The van der Waals surface area contributed by atoms with Gasteiger partial charge >= 0.3 is 0 Å². The van der Waals surface area contributed by atoms with Crippen LogP contribution >= 0.6 is 0 Å². The van der Waals surface area contributed by atoms with Gasteiger partial charge < -0.3 is 9.64 Å². The Bertz CT molecular complexity index is 2480. The van der Waals surface area contributed by atoms with Crippen molar-refractivity contribution >= 4 is 17.1 Å². The number of nitrogens with zero attached hydrogens (tertiary/aromatic N) is 1. The highest BCUT2D eigenvalue weighted by atomic mass is 16.5. The van der Waals surface area contributed by atoms with Crippen LogP contribution in [-0.4, -0.2) is 0 Å². The summed E-state index contributed by atoms with van der Waals surface area (Å²) in [6.45, 7) is 19.6. The third kappa shape index (κ3) is 4.46. The molecule has 5 aromatic carbocycles. The first kappa shape index (κ1) is 35.6. The lowest BCUT2D eigenvalue weighted by atomic mass is 9.26. The van der Waals surface area contributed by atoms with E-state index < -0.39 is 0 Å². The largest absolute Gasteiger partial charge is 0.457 e. The molecule has 2 heteroatoms. The second-order valence-corrected chi connectivity index (χ2v) is 22.8. The van der Waals surface area contributed by atoms with Crippen LogP contribution in [-0.2, 0) is 27.1 Å². The molecule has 1 heterocycles. The van der Waals surface area contributed by atoms with E-state index in [2.05, 4.69) is 163 Å². The minimum absolute atomic E-state index is 0.0194. The number of hydrogen-bond acceptors (Lipinski definition) is 2. The Labute approximate surface area is 347 Å². The molecule has 58 heavy (non-hydrogen) atoms. The number of anilines is 3. The normalized spacial score (nSPS) is 31.4. The van der Waals surface area contributed by atoms with Crippen molar-refractivity contribution in [3.63, 3.8) is 0 Å². The second-order valence-electron chi connectivity index (χ2n) is 22.8. The Morgan fingerprint density at radius 2 is 1.02 bits per heavy atom. The smallest absolute Gasteiger partial charge is 0.133 e. The molecule has 0 saturated heterocycles. The van der Waals surface area contributed by atoms with Gasteiger partial charge in [-0.25, -0.2) is 0 Å². The third-order valence-corrected chi connectivity index (χ3v) is 18.1. The van der Waals surface area contributed by atoms with Gasteiger partial charge in [-0.1, -0.05) is 110 Å². The highest BCUT2D eigenvalue weighted by Gasteiger charge is 2.84. The Balaban J connectivity index is 1.05. The van der Waals surface area contributed by atoms with Crippen molar-refractivity contribution < 1.29 is 4.74 Å². The van der Waals surface area contributed by atoms with Gasteiger partial charge in [0.2, 0.25) is 0 Å². The van der Waals surface area contributed by atoms with Gasteiger partial charge in [0, 0.05) is 39.7 Å². The summed E-state index contributed by atoms with van der Waals surface area (Å²) in [7, 11) is 0. The van der Waals surface area contributed by atoms with Gasteiger partial charge in [-0.05, 0) is 178 Å². The van der Waals surface area contributed by atoms with Gasteiger partial charge in [0.1, 0.15) is 11.5 Å². The van der Waals surface area contributed by atoms with Crippen molar-refractivity contribution in [2.45, 2.75) is 134 Å². The summed E-state index contributed by atoms with van der Waals surface area (Å²) in [5.41, 5.74) is 16.3. The zero-order valence-electron chi connectivity index (χ0n) is 36.1. The Morgan fingerprint density at radius 3 is 1.62 bits per heavy atom. The summed E-state index contributed by atoms with van der Waals surface area (Å²) in [5, 5.41) is 0. The number of benzene rings is 5. The molecule has 5 aromatic rings. The quantitative estimate of drug-likeness (QED) is 0.181. The van der Waals surface area contributed by atoms with Crippen LogP contribution in [0.25, 0.3) is 11.1 Å². The van der Waals surface area contributed by atoms with E-state index in [4.69, 9.17) is 4.74 Å². The molecule has 12 rings (SSSR count). The van der Waals surface area contributed by atoms with Gasteiger partial charge in [-0.2, -0.15) is 0 Å². The number of fused-ring (bicyclic) bond motifs is 9. The van der Waals surface area contributed by atoms with Crippen LogP contribution < -0.4 is 9.64 Å². The molecule has 6 atom stereocenters. The lowest BCUT2D eigenvalue weighted by Crippen LogP contribution is -2.74. The van der Waals surface area contributed by atoms with E-state index in [-0.39, 0.29) is 27.1 Å². The predicted octanol–water partition coefficient (Wildman–Crippen LogP) is 15.0. The highest BCUT2D eigenvalue weighted by molar-refractivity contribution is 5.81. The van der Waals surface area contributed by atoms with Crippen LogP contribution in [0.15, 0.2) is 103 Å². The van der Waals surface area contributed by atoms with Gasteiger partial charge in [0.15, 0.2) is 0 Å². The first-order valence-corrected chi connectivity index (χ1v) is 22.8. The summed E-state index contributed by atoms with van der Waals surface area (Å²) in [6, 6.07) is 40.4. The minimum atomic E-state index is 0.0194. The van der Waals surface area contributed by atoms with Crippen molar-refractivity contribution in [3.8, 4) is 22.6 Å². The Morgan fingerprint density at radius 1 is 0.466 bits per heavy atom. The average Bonchev–Trinajstić information content (AvgIpc) is 3.74. The first-order chi connectivity index (χ1) is 27.6. The maximum atomic E-state index is 7.23. The van der Waals surface area contributed by atoms with Crippen molar-refractivity contribution in [2.24, 2.45) is 29.1 Å². The van der Waals surface area contributed by atoms with Crippen LogP contribution in [0.2, 0.25) is 0 Å². The molecule has 4 saturated carbocycles. The average molecular weight is 764 g/mol. The van der Waals surface area contributed by atoms with E-state index >= 15 is 0 Å². The van der Waals surface area contributed by atoms with Crippen LogP contribution in [0, 0.1) is 29.1 Å². The van der Waals surface area contributed by atoms with E-state index in [1.54, 1.807) is 0 Å². The highest BCUT2D eigenvalue weighted by Crippen LogP contribution is 2.89. The van der Waals surface area contributed by atoms with Crippen molar-refractivity contribution in [2.75, 3.05) is 4.90 Å². The molecule has 0 radical (unpaired) electrons. The number of rotatable bonds is 4. The standard InChI is InChI=1S/C56H61NO/c1-51(2)22-24-53(5,6)44-30-38(15-18-41(44)51)57(39-16-19-42-45(31-39)54(7,8)25-23-52(42,3)4)40-17-20-43-48(32-40)58-47-21-14-36(35-12-10-9-11-13-35)28-46(47)56(43)49-27-34-26-37-29-50(56)55(37,49)33-34/h9-21,28,30-32,34,37,49-50H,22-27,29,33H2,1-8H3. The van der Waals surface area contributed by atoms with Gasteiger partial charge in [0.05, 0.1) is 0 Å². The molecule has 4 fully saturated rings. The Kier molecular flexibility index (Phi) is 6.93. The van der Waals surface area contributed by atoms with Crippen LogP contribution in [0.3, 0.4) is 0 Å². The molecular weight excluding hydrogens is 703 g/mol. The number of ether oxygens (including phenoxy) is 1. The van der Waals surface area contributed by atoms with Gasteiger partial charge in [-0.15, -0.1) is 0 Å². The predicted molar refractivity (Wildman–Crippen MR) is 239 cm³/mol. The fraction of sp³-hybridized carbons (Fsp3) is 0.464. The van der Waals surface area contributed by atoms with E-state index in [1.807, 2.05) is 0 Å². The zero-order valence-corrected chi connectivity index (χ0v) is 36.1. The molecule has 0 amide bonds. The van der Waals surface area contributed by atoms with E-state index in [0.29, 0.717) is 17.3 Å². The zero-order chi connectivity index (χ0) is 39.8. The fourth-order valence-electron chi connectivity index (χ4n) is 14.9. The molecule has 6 aliphatic carbocycles. The maximum Gasteiger partial charge on any atom is 0.133 e. The van der Waals surface area contributed by atoms with E-state index in [1.165, 1.54) is 113 Å². The topological polar surface area (TPSA) is 12.5 Å². The summed E-state index contributed by atoms with van der Waals surface area (Å²) in [6.07, 6.45) is 10.5. The molecule has 2 spiro atoms. The molecule has 6 unspecified atom stereocenters. The first-order valence-electron chi connectivity index (χ1n) is 22.8. The monoisotopic (exact) mass is 763 g/mol. The summed E-state index contributed by atoms with van der Waals surface area (Å²) >= 11 is 0. The van der Waals surface area contributed by atoms with Crippen LogP contribution in [0.4, 0.5) is 17.1 Å². The van der Waals surface area contributed by atoms with Gasteiger partial charge in [-0.3, -0.25) is 0 Å². The Hall–Kier alpha value is -4.30.